The average molecular weight is 335 g/mol. The van der Waals surface area contributed by atoms with Crippen LogP contribution < -0.4 is 11.1 Å². The summed E-state index contributed by atoms with van der Waals surface area (Å²) >= 11 is 0. The van der Waals surface area contributed by atoms with Crippen molar-refractivity contribution in [2.45, 2.75) is 25.8 Å². The van der Waals surface area contributed by atoms with Gasteiger partial charge >= 0.3 is 0 Å². The van der Waals surface area contributed by atoms with Gasteiger partial charge in [0.05, 0.1) is 13.2 Å². The summed E-state index contributed by atoms with van der Waals surface area (Å²) in [6.07, 6.45) is 4.65. The van der Waals surface area contributed by atoms with Gasteiger partial charge in [-0.15, -0.1) is 0 Å². The molecule has 24 heavy (non-hydrogen) atoms. The summed E-state index contributed by atoms with van der Waals surface area (Å²) in [5.74, 6) is 0.702. The van der Waals surface area contributed by atoms with Gasteiger partial charge in [0.1, 0.15) is 6.54 Å². The third kappa shape index (κ3) is 3.93. The molecule has 1 aliphatic carbocycles. The van der Waals surface area contributed by atoms with Crippen LogP contribution in [0.25, 0.3) is 0 Å². The van der Waals surface area contributed by atoms with Gasteiger partial charge in [0.15, 0.2) is 5.82 Å². The fourth-order valence-corrected chi connectivity index (χ4v) is 3.45. The van der Waals surface area contributed by atoms with E-state index in [-0.39, 0.29) is 30.2 Å². The molecule has 2 amide bonds. The highest BCUT2D eigenvalue weighted by molar-refractivity contribution is 5.92. The maximum atomic E-state index is 12.4. The fourth-order valence-electron chi connectivity index (χ4n) is 3.45. The van der Waals surface area contributed by atoms with E-state index in [1.165, 1.54) is 0 Å². The van der Waals surface area contributed by atoms with E-state index in [0.29, 0.717) is 38.7 Å². The van der Waals surface area contributed by atoms with Crippen molar-refractivity contribution in [2.24, 2.45) is 17.6 Å². The minimum absolute atomic E-state index is 0.0123. The van der Waals surface area contributed by atoms with E-state index in [4.69, 9.17) is 10.5 Å². The van der Waals surface area contributed by atoms with E-state index in [0.717, 1.165) is 19.3 Å². The Labute approximate surface area is 141 Å². The Bertz CT molecular complexity index is 582. The molecule has 0 spiro atoms. The highest BCUT2D eigenvalue weighted by Gasteiger charge is 2.32. The number of aromatic nitrogens is 2. The lowest BCUT2D eigenvalue weighted by Gasteiger charge is -2.26. The van der Waals surface area contributed by atoms with Crippen molar-refractivity contribution < 1.29 is 14.3 Å². The zero-order valence-electron chi connectivity index (χ0n) is 13.8. The second-order valence-corrected chi connectivity index (χ2v) is 6.41. The summed E-state index contributed by atoms with van der Waals surface area (Å²) in [5, 5.41) is 7.13. The molecular weight excluding hydrogens is 310 g/mol. The number of amides is 2. The van der Waals surface area contributed by atoms with Crippen molar-refractivity contribution in [1.82, 2.24) is 14.7 Å². The smallest absolute Gasteiger partial charge is 0.244 e. The van der Waals surface area contributed by atoms with Gasteiger partial charge < -0.3 is 20.7 Å². The standard InChI is InChI=1S/C16H25N5O3/c17-10-12-2-1-3-13(12)16(23)18-14-4-5-21(19-14)11-15(22)20-6-8-24-9-7-20/h4-5,12-13H,1-3,6-11,17H2,(H,18,19,23)/t12-,13-/m1/s1. The topological polar surface area (TPSA) is 102 Å². The lowest BCUT2D eigenvalue weighted by Crippen LogP contribution is -2.42. The first kappa shape index (κ1) is 16.9. The first-order valence-corrected chi connectivity index (χ1v) is 8.57. The van der Waals surface area contributed by atoms with Crippen LogP contribution in [0, 0.1) is 11.8 Å². The van der Waals surface area contributed by atoms with Crippen LogP contribution in [0.5, 0.6) is 0 Å². The minimum atomic E-state index is -0.0323. The first-order valence-electron chi connectivity index (χ1n) is 8.57. The maximum Gasteiger partial charge on any atom is 0.244 e. The van der Waals surface area contributed by atoms with Gasteiger partial charge in [0.2, 0.25) is 11.8 Å². The van der Waals surface area contributed by atoms with E-state index in [2.05, 4.69) is 10.4 Å². The normalized spacial score (nSPS) is 24.1. The molecule has 8 nitrogen and oxygen atoms in total. The molecule has 2 heterocycles. The van der Waals surface area contributed by atoms with Crippen LogP contribution in [0.1, 0.15) is 19.3 Å². The Morgan fingerprint density at radius 3 is 2.88 bits per heavy atom. The number of nitrogens with two attached hydrogens (primary N) is 1. The van der Waals surface area contributed by atoms with Crippen LogP contribution in [0.4, 0.5) is 5.82 Å². The van der Waals surface area contributed by atoms with Gasteiger partial charge in [-0.05, 0) is 25.3 Å². The van der Waals surface area contributed by atoms with Gasteiger partial charge in [-0.3, -0.25) is 14.3 Å². The van der Waals surface area contributed by atoms with Crippen molar-refractivity contribution in [2.75, 3.05) is 38.2 Å². The van der Waals surface area contributed by atoms with Crippen molar-refractivity contribution in [3.05, 3.63) is 12.3 Å². The summed E-state index contributed by atoms with van der Waals surface area (Å²) in [6, 6.07) is 1.72. The minimum Gasteiger partial charge on any atom is -0.378 e. The Hall–Kier alpha value is -1.93. The SMILES string of the molecule is NC[C@H]1CCC[C@H]1C(=O)Nc1ccn(CC(=O)N2CCOCC2)n1. The molecule has 8 heteroatoms. The largest absolute Gasteiger partial charge is 0.378 e. The lowest BCUT2D eigenvalue weighted by atomic mass is 9.95. The molecule has 1 aromatic heterocycles. The Morgan fingerprint density at radius 2 is 2.12 bits per heavy atom. The number of nitrogens with one attached hydrogen (secondary N) is 1. The molecule has 0 radical (unpaired) electrons. The van der Waals surface area contributed by atoms with Crippen molar-refractivity contribution in [3.8, 4) is 0 Å². The molecule has 1 aliphatic heterocycles. The van der Waals surface area contributed by atoms with Crippen molar-refractivity contribution in [1.29, 1.82) is 0 Å². The summed E-state index contributed by atoms with van der Waals surface area (Å²) in [7, 11) is 0. The summed E-state index contributed by atoms with van der Waals surface area (Å²) in [4.78, 5) is 26.3. The maximum absolute atomic E-state index is 12.4. The monoisotopic (exact) mass is 335 g/mol. The molecule has 1 saturated carbocycles. The molecule has 3 N–H and O–H groups in total. The number of carbonyl (C=O) groups is 2. The third-order valence-corrected chi connectivity index (χ3v) is 4.85. The van der Waals surface area contributed by atoms with Crippen LogP contribution in [-0.4, -0.2) is 59.3 Å². The number of anilines is 1. The van der Waals surface area contributed by atoms with Crippen LogP contribution in [0.3, 0.4) is 0 Å². The predicted octanol–water partition coefficient (Wildman–Crippen LogP) is 0.0554. The van der Waals surface area contributed by atoms with E-state index in [1.54, 1.807) is 21.8 Å². The molecule has 0 unspecified atom stereocenters. The lowest BCUT2D eigenvalue weighted by molar-refractivity contribution is -0.136. The van der Waals surface area contributed by atoms with Crippen LogP contribution in [0.2, 0.25) is 0 Å². The molecule has 132 valence electrons. The summed E-state index contributed by atoms with van der Waals surface area (Å²) in [6.45, 7) is 3.11. The van der Waals surface area contributed by atoms with Gasteiger partial charge in [-0.2, -0.15) is 5.10 Å². The van der Waals surface area contributed by atoms with E-state index >= 15 is 0 Å². The molecule has 0 aromatic carbocycles. The van der Waals surface area contributed by atoms with Gasteiger partial charge in [0.25, 0.3) is 0 Å². The number of nitrogens with zero attached hydrogens (tertiary/aromatic N) is 3. The number of morpholine rings is 1. The van der Waals surface area contributed by atoms with Gasteiger partial charge in [0, 0.05) is 31.3 Å². The molecule has 0 bridgehead atoms. The number of hydrogen-bond acceptors (Lipinski definition) is 5. The highest BCUT2D eigenvalue weighted by atomic mass is 16.5. The van der Waals surface area contributed by atoms with Crippen LogP contribution in [-0.2, 0) is 20.9 Å². The van der Waals surface area contributed by atoms with Crippen molar-refractivity contribution in [3.63, 3.8) is 0 Å². The van der Waals surface area contributed by atoms with E-state index < -0.39 is 0 Å². The fraction of sp³-hybridized carbons (Fsp3) is 0.688. The molecule has 1 aromatic rings. The third-order valence-electron chi connectivity index (χ3n) is 4.85. The average Bonchev–Trinajstić information content (AvgIpc) is 3.24. The number of carbonyl (C=O) groups excluding carboxylic acids is 2. The number of ether oxygens (including phenoxy) is 1. The summed E-state index contributed by atoms with van der Waals surface area (Å²) in [5.41, 5.74) is 5.73. The van der Waals surface area contributed by atoms with Gasteiger partial charge in [-0.25, -0.2) is 0 Å². The number of rotatable bonds is 5. The molecule has 1 saturated heterocycles. The first-order chi connectivity index (χ1) is 11.7. The highest BCUT2D eigenvalue weighted by Crippen LogP contribution is 2.31. The van der Waals surface area contributed by atoms with E-state index in [1.807, 2.05) is 0 Å². The molecule has 2 atom stereocenters. The van der Waals surface area contributed by atoms with Crippen molar-refractivity contribution >= 4 is 17.6 Å². The zero-order chi connectivity index (χ0) is 16.9. The predicted molar refractivity (Wildman–Crippen MR) is 88.1 cm³/mol. The second kappa shape index (κ2) is 7.76. The molecular formula is C16H25N5O3. The van der Waals surface area contributed by atoms with Crippen LogP contribution >= 0.6 is 0 Å². The quantitative estimate of drug-likeness (QED) is 0.792. The summed E-state index contributed by atoms with van der Waals surface area (Å²) < 4.78 is 6.80. The van der Waals surface area contributed by atoms with E-state index in [9.17, 15) is 9.59 Å². The molecule has 2 fully saturated rings. The number of hydrogen-bond donors (Lipinski definition) is 2. The Balaban J connectivity index is 1.53. The zero-order valence-corrected chi connectivity index (χ0v) is 13.8. The molecule has 3 rings (SSSR count). The molecule has 2 aliphatic rings. The Morgan fingerprint density at radius 1 is 1.33 bits per heavy atom. The second-order valence-electron chi connectivity index (χ2n) is 6.41. The van der Waals surface area contributed by atoms with Crippen LogP contribution in [0.15, 0.2) is 12.3 Å². The Kier molecular flexibility index (Phi) is 5.47. The van der Waals surface area contributed by atoms with Gasteiger partial charge in [-0.1, -0.05) is 6.42 Å².